The first-order chi connectivity index (χ1) is 42.8. The van der Waals surface area contributed by atoms with E-state index in [9.17, 15) is 30.3 Å². The first-order valence-electron chi connectivity index (χ1n) is 37.7. The minimum absolute atomic E-state index is 0.187. The quantitative estimate of drug-likeness (QED) is 0.0261. The molecule has 0 radical (unpaired) electrons. The molecule has 9 heteroatoms. The number of allylic oxidation sites excluding steroid dienone is 11. The number of carbonyl (C=O) groups excluding carboxylic acids is 1. The van der Waals surface area contributed by atoms with Crippen LogP contribution in [0.1, 0.15) is 361 Å². The van der Waals surface area contributed by atoms with Crippen LogP contribution in [0, 0.1) is 0 Å². The Labute approximate surface area is 538 Å². The van der Waals surface area contributed by atoms with Crippen LogP contribution in [-0.4, -0.2) is 87.5 Å². The molecule has 1 aliphatic rings. The van der Waals surface area contributed by atoms with Crippen LogP contribution in [-0.2, 0) is 14.3 Å². The summed E-state index contributed by atoms with van der Waals surface area (Å²) < 4.78 is 11.3. The van der Waals surface area contributed by atoms with Crippen molar-refractivity contribution < 1.29 is 39.8 Å². The highest BCUT2D eigenvalue weighted by atomic mass is 16.7. The van der Waals surface area contributed by atoms with Crippen LogP contribution in [0.15, 0.2) is 72.9 Å². The summed E-state index contributed by atoms with van der Waals surface area (Å²) in [6.45, 7) is 3.79. The summed E-state index contributed by atoms with van der Waals surface area (Å²) in [7, 11) is 0. The third kappa shape index (κ3) is 55.0. The monoisotopic (exact) mass is 1220 g/mol. The van der Waals surface area contributed by atoms with Gasteiger partial charge in [0.15, 0.2) is 6.29 Å². The number of carbonyl (C=O) groups is 1. The van der Waals surface area contributed by atoms with E-state index in [-0.39, 0.29) is 12.5 Å². The zero-order valence-corrected chi connectivity index (χ0v) is 57.0. The zero-order valence-electron chi connectivity index (χ0n) is 57.0. The molecule has 1 aliphatic heterocycles. The number of hydrogen-bond acceptors (Lipinski definition) is 8. The molecule has 7 unspecified atom stereocenters. The van der Waals surface area contributed by atoms with Gasteiger partial charge in [0, 0.05) is 6.42 Å². The normalized spacial score (nSPS) is 18.4. The SMILES string of the molecule is CCCCCCC/C=C\C/C=C\C/C=C\CCCCCCCCCCCCCCCCCCCCC(=O)NC(COC1OC(CO)C(O)C(O)C1O)C(O)/C=C/CC/C=C/CC/C=C/CCCCCCCCCCCCCCCCCCCCCCC. The fourth-order valence-electron chi connectivity index (χ4n) is 11.8. The van der Waals surface area contributed by atoms with Gasteiger partial charge in [0.2, 0.25) is 5.91 Å². The Morgan fingerprint density at radius 2 is 0.690 bits per heavy atom. The maximum Gasteiger partial charge on any atom is 0.220 e. The van der Waals surface area contributed by atoms with Crippen LogP contribution >= 0.6 is 0 Å². The second-order valence-electron chi connectivity index (χ2n) is 26.1. The molecular weight excluding hydrogens is 1080 g/mol. The largest absolute Gasteiger partial charge is 0.394 e. The third-order valence-electron chi connectivity index (χ3n) is 17.7. The average molecular weight is 1220 g/mol. The van der Waals surface area contributed by atoms with E-state index in [4.69, 9.17) is 9.47 Å². The Morgan fingerprint density at radius 3 is 1.05 bits per heavy atom. The molecule has 87 heavy (non-hydrogen) atoms. The molecule has 9 nitrogen and oxygen atoms in total. The summed E-state index contributed by atoms with van der Waals surface area (Å²) in [6, 6.07) is -0.833. The minimum atomic E-state index is -1.58. The van der Waals surface area contributed by atoms with Gasteiger partial charge in [-0.15, -0.1) is 0 Å². The molecule has 1 rings (SSSR count). The van der Waals surface area contributed by atoms with Crippen molar-refractivity contribution in [2.75, 3.05) is 13.2 Å². The highest BCUT2D eigenvalue weighted by Crippen LogP contribution is 2.23. The van der Waals surface area contributed by atoms with Crippen LogP contribution in [0.4, 0.5) is 0 Å². The first-order valence-corrected chi connectivity index (χ1v) is 37.7. The number of aliphatic hydroxyl groups is 5. The van der Waals surface area contributed by atoms with Gasteiger partial charge in [-0.1, -0.05) is 344 Å². The Bertz CT molecular complexity index is 1610. The highest BCUT2D eigenvalue weighted by molar-refractivity contribution is 5.76. The summed E-state index contributed by atoms with van der Waals surface area (Å²) in [5, 5.41) is 54.8. The van der Waals surface area contributed by atoms with E-state index in [2.05, 4.69) is 79.9 Å². The number of ether oxygens (including phenoxy) is 2. The molecule has 0 aromatic heterocycles. The fraction of sp³-hybridized carbons (Fsp3) is 0.833. The molecule has 0 aliphatic carbocycles. The van der Waals surface area contributed by atoms with Gasteiger partial charge in [-0.2, -0.15) is 0 Å². The van der Waals surface area contributed by atoms with Gasteiger partial charge in [0.05, 0.1) is 25.4 Å². The second kappa shape index (κ2) is 66.5. The van der Waals surface area contributed by atoms with Crippen molar-refractivity contribution in [2.45, 2.75) is 403 Å². The average Bonchev–Trinajstić information content (AvgIpc) is 3.38. The molecule has 7 atom stereocenters. The number of rotatable bonds is 66. The van der Waals surface area contributed by atoms with Crippen molar-refractivity contribution in [3.63, 3.8) is 0 Å². The topological polar surface area (TPSA) is 149 Å². The maximum absolute atomic E-state index is 13.1. The molecule has 1 heterocycles. The van der Waals surface area contributed by atoms with Crippen molar-refractivity contribution in [3.05, 3.63) is 72.9 Å². The van der Waals surface area contributed by atoms with Gasteiger partial charge in [-0.3, -0.25) is 4.79 Å². The molecule has 6 N–H and O–H groups in total. The van der Waals surface area contributed by atoms with E-state index in [1.165, 1.54) is 283 Å². The second-order valence-corrected chi connectivity index (χ2v) is 26.1. The molecule has 1 saturated heterocycles. The Morgan fingerprint density at radius 1 is 0.391 bits per heavy atom. The molecule has 1 fully saturated rings. The fourth-order valence-corrected chi connectivity index (χ4v) is 11.8. The third-order valence-corrected chi connectivity index (χ3v) is 17.7. The minimum Gasteiger partial charge on any atom is -0.394 e. The predicted molar refractivity (Wildman–Crippen MR) is 373 cm³/mol. The molecule has 1 amide bonds. The van der Waals surface area contributed by atoms with Gasteiger partial charge in [-0.25, -0.2) is 0 Å². The molecule has 0 aromatic carbocycles. The Hall–Kier alpha value is -2.37. The van der Waals surface area contributed by atoms with Crippen molar-refractivity contribution in [1.29, 1.82) is 0 Å². The summed E-state index contributed by atoms with van der Waals surface area (Å²) >= 11 is 0. The molecule has 508 valence electrons. The Kier molecular flexibility index (Phi) is 63.2. The van der Waals surface area contributed by atoms with E-state index in [1.807, 2.05) is 6.08 Å². The van der Waals surface area contributed by atoms with Gasteiger partial charge in [0.1, 0.15) is 24.4 Å². The molecule has 0 aromatic rings. The number of hydrogen-bond donors (Lipinski definition) is 6. The summed E-state index contributed by atoms with van der Waals surface area (Å²) in [6.07, 6.45) is 87.5. The lowest BCUT2D eigenvalue weighted by atomic mass is 9.99. The van der Waals surface area contributed by atoms with E-state index < -0.39 is 49.5 Å². The highest BCUT2D eigenvalue weighted by Gasteiger charge is 2.44. The predicted octanol–water partition coefficient (Wildman–Crippen LogP) is 21.1. The van der Waals surface area contributed by atoms with E-state index >= 15 is 0 Å². The lowest BCUT2D eigenvalue weighted by Gasteiger charge is -2.40. The van der Waals surface area contributed by atoms with Crippen LogP contribution in [0.2, 0.25) is 0 Å². The lowest BCUT2D eigenvalue weighted by Crippen LogP contribution is -2.60. The van der Waals surface area contributed by atoms with Crippen molar-refractivity contribution in [3.8, 4) is 0 Å². The lowest BCUT2D eigenvalue weighted by molar-refractivity contribution is -0.302. The van der Waals surface area contributed by atoms with Crippen LogP contribution in [0.5, 0.6) is 0 Å². The number of unbranched alkanes of at least 4 members (excludes halogenated alkanes) is 46. The van der Waals surface area contributed by atoms with Gasteiger partial charge < -0.3 is 40.3 Å². The van der Waals surface area contributed by atoms with Crippen LogP contribution < -0.4 is 5.32 Å². The van der Waals surface area contributed by atoms with E-state index in [0.29, 0.717) is 6.42 Å². The van der Waals surface area contributed by atoms with Crippen molar-refractivity contribution >= 4 is 5.91 Å². The van der Waals surface area contributed by atoms with Gasteiger partial charge in [-0.05, 0) is 83.5 Å². The molecular formula is C78H143NO8. The first kappa shape index (κ1) is 82.6. The summed E-state index contributed by atoms with van der Waals surface area (Å²) in [5.74, 6) is -0.187. The Balaban J connectivity index is 2.13. The van der Waals surface area contributed by atoms with Crippen molar-refractivity contribution in [2.24, 2.45) is 0 Å². The van der Waals surface area contributed by atoms with Crippen LogP contribution in [0.25, 0.3) is 0 Å². The smallest absolute Gasteiger partial charge is 0.220 e. The summed E-state index contributed by atoms with van der Waals surface area (Å²) in [5.41, 5.74) is 0. The number of amides is 1. The number of nitrogens with one attached hydrogen (secondary N) is 1. The van der Waals surface area contributed by atoms with Gasteiger partial charge >= 0.3 is 0 Å². The maximum atomic E-state index is 13.1. The summed E-state index contributed by atoms with van der Waals surface area (Å²) in [4.78, 5) is 13.1. The van der Waals surface area contributed by atoms with E-state index in [1.54, 1.807) is 6.08 Å². The number of aliphatic hydroxyl groups excluding tert-OH is 5. The van der Waals surface area contributed by atoms with Crippen LogP contribution in [0.3, 0.4) is 0 Å². The van der Waals surface area contributed by atoms with E-state index in [0.717, 1.165) is 57.8 Å². The zero-order chi connectivity index (χ0) is 62.8. The standard InChI is InChI=1S/C78H143NO8/c1-3-5-7-9-11-13-15-17-19-21-23-25-27-29-31-33-35-36-38-40-42-44-46-48-50-52-54-56-58-60-62-64-66-68-74(82)79-71(70-86-78-77(85)76(84)75(83)73(69-80)87-78)72(81)67-65-63-61-59-57-55-53-51-49-47-45-43-41-39-37-34-32-30-28-26-24-22-20-18-16-14-12-10-8-6-4-2/h15,17,21,23,27,29,49,51,57,59,65,67,71-73,75-78,80-81,83-85H,3-14,16,18-20,22,24-26,28,30-48,50,52-56,58,60-64,66,68-70H2,1-2H3,(H,79,82)/b17-15-,23-21-,29-27-,51-49+,59-57+,67-65+. The van der Waals surface area contributed by atoms with Gasteiger partial charge in [0.25, 0.3) is 0 Å². The van der Waals surface area contributed by atoms with Crippen molar-refractivity contribution in [1.82, 2.24) is 5.32 Å². The molecule has 0 saturated carbocycles. The molecule has 0 bridgehead atoms. The molecule has 0 spiro atoms.